The summed E-state index contributed by atoms with van der Waals surface area (Å²) in [6.45, 7) is 4.22. The Bertz CT molecular complexity index is 529. The molecule has 1 rings (SSSR count). The normalized spacial score (nSPS) is 11.8. The van der Waals surface area contributed by atoms with Crippen LogP contribution in [0.1, 0.15) is 13.8 Å². The number of rotatable bonds is 5. The molecule has 18 heavy (non-hydrogen) atoms. The summed E-state index contributed by atoms with van der Waals surface area (Å²) in [7, 11) is -2.20. The topological polar surface area (TPSA) is 81.4 Å². The van der Waals surface area contributed by atoms with Crippen LogP contribution in [0, 0.1) is 5.92 Å². The van der Waals surface area contributed by atoms with Crippen molar-refractivity contribution in [3.8, 4) is 5.75 Å². The van der Waals surface area contributed by atoms with Crippen LogP contribution in [0.2, 0.25) is 0 Å². The molecule has 0 radical (unpaired) electrons. The first-order chi connectivity index (χ1) is 8.27. The van der Waals surface area contributed by atoms with Crippen molar-refractivity contribution in [2.24, 2.45) is 5.92 Å². The highest BCUT2D eigenvalue weighted by Crippen LogP contribution is 2.32. The molecular weight excluding hydrogens is 320 g/mol. The first kappa shape index (κ1) is 15.3. The fraction of sp³-hybridized carbons (Fsp3) is 0.455. The van der Waals surface area contributed by atoms with Gasteiger partial charge in [0.05, 0.1) is 7.11 Å². The number of methoxy groups -OCH3 is 1. The summed E-state index contributed by atoms with van der Waals surface area (Å²) in [5.41, 5.74) is 6.05. The molecule has 7 heteroatoms. The van der Waals surface area contributed by atoms with E-state index in [1.54, 1.807) is 6.07 Å². The van der Waals surface area contributed by atoms with Crippen molar-refractivity contribution in [1.29, 1.82) is 0 Å². The van der Waals surface area contributed by atoms with Crippen LogP contribution < -0.4 is 15.2 Å². The zero-order valence-electron chi connectivity index (χ0n) is 10.5. The van der Waals surface area contributed by atoms with Gasteiger partial charge in [-0.2, -0.15) is 0 Å². The summed E-state index contributed by atoms with van der Waals surface area (Å²) in [6.07, 6.45) is 0. The van der Waals surface area contributed by atoms with Gasteiger partial charge in [0.15, 0.2) is 0 Å². The standard InChI is InChI=1S/C11H17BrN2O3S/c1-7(2)6-14-18(15,16)11-5-9(13)8(12)4-10(11)17-3/h4-5,7,14H,6,13H2,1-3H3. The molecule has 3 N–H and O–H groups in total. The highest BCUT2D eigenvalue weighted by molar-refractivity contribution is 9.10. The molecule has 0 fully saturated rings. The summed E-state index contributed by atoms with van der Waals surface area (Å²) in [5.74, 6) is 0.478. The number of sulfonamides is 1. The van der Waals surface area contributed by atoms with Crippen LogP contribution in [0.15, 0.2) is 21.5 Å². The highest BCUT2D eigenvalue weighted by Gasteiger charge is 2.21. The fourth-order valence-corrected chi connectivity index (χ4v) is 2.99. The first-order valence-electron chi connectivity index (χ1n) is 5.40. The van der Waals surface area contributed by atoms with Crippen molar-refractivity contribution in [1.82, 2.24) is 4.72 Å². The van der Waals surface area contributed by atoms with E-state index in [4.69, 9.17) is 10.5 Å². The van der Waals surface area contributed by atoms with Gasteiger partial charge < -0.3 is 10.5 Å². The maximum absolute atomic E-state index is 12.1. The predicted octanol–water partition coefficient (Wildman–Crippen LogP) is 1.97. The molecule has 0 aliphatic rings. The van der Waals surface area contributed by atoms with E-state index < -0.39 is 10.0 Å². The van der Waals surface area contributed by atoms with Gasteiger partial charge in [-0.05, 0) is 34.0 Å². The van der Waals surface area contributed by atoms with Crippen molar-refractivity contribution in [3.05, 3.63) is 16.6 Å². The average molecular weight is 337 g/mol. The average Bonchev–Trinajstić information content (AvgIpc) is 2.29. The minimum absolute atomic E-state index is 0.0475. The van der Waals surface area contributed by atoms with Gasteiger partial charge in [0, 0.05) is 16.7 Å². The lowest BCUT2D eigenvalue weighted by atomic mass is 10.2. The Balaban J connectivity index is 3.19. The van der Waals surface area contributed by atoms with Crippen LogP contribution in [-0.2, 0) is 10.0 Å². The molecule has 0 atom stereocenters. The summed E-state index contributed by atoms with van der Waals surface area (Å²) >= 11 is 3.23. The Hall–Kier alpha value is -0.790. The van der Waals surface area contributed by atoms with Gasteiger partial charge >= 0.3 is 0 Å². The van der Waals surface area contributed by atoms with Crippen LogP contribution in [0.25, 0.3) is 0 Å². The van der Waals surface area contributed by atoms with E-state index >= 15 is 0 Å². The van der Waals surface area contributed by atoms with E-state index in [0.29, 0.717) is 16.7 Å². The predicted molar refractivity (Wildman–Crippen MR) is 75.1 cm³/mol. The number of halogens is 1. The van der Waals surface area contributed by atoms with E-state index in [-0.39, 0.29) is 16.6 Å². The van der Waals surface area contributed by atoms with Crippen molar-refractivity contribution in [2.45, 2.75) is 18.7 Å². The van der Waals surface area contributed by atoms with Gasteiger partial charge in [0.25, 0.3) is 0 Å². The summed E-state index contributed by atoms with van der Waals surface area (Å²) in [5, 5.41) is 0. The molecule has 1 aromatic rings. The van der Waals surface area contributed by atoms with Gasteiger partial charge in [-0.1, -0.05) is 13.8 Å². The monoisotopic (exact) mass is 336 g/mol. The molecule has 0 bridgehead atoms. The molecule has 0 saturated carbocycles. The number of anilines is 1. The molecule has 0 saturated heterocycles. The summed E-state index contributed by atoms with van der Waals surface area (Å²) in [6, 6.07) is 2.92. The lowest BCUT2D eigenvalue weighted by Crippen LogP contribution is -2.28. The van der Waals surface area contributed by atoms with Crippen LogP contribution >= 0.6 is 15.9 Å². The first-order valence-corrected chi connectivity index (χ1v) is 7.68. The molecule has 0 amide bonds. The fourth-order valence-electron chi connectivity index (χ4n) is 1.27. The number of nitrogens with one attached hydrogen (secondary N) is 1. The maximum Gasteiger partial charge on any atom is 0.244 e. The van der Waals surface area contributed by atoms with E-state index in [1.165, 1.54) is 13.2 Å². The number of nitrogen functional groups attached to an aromatic ring is 1. The molecule has 102 valence electrons. The minimum Gasteiger partial charge on any atom is -0.495 e. The summed E-state index contributed by atoms with van der Waals surface area (Å²) in [4.78, 5) is 0.0475. The van der Waals surface area contributed by atoms with Gasteiger partial charge in [-0.25, -0.2) is 13.1 Å². The molecule has 0 aromatic heterocycles. The number of nitrogens with two attached hydrogens (primary N) is 1. The second-order valence-electron chi connectivity index (χ2n) is 4.27. The number of ether oxygens (including phenoxy) is 1. The Morgan fingerprint density at radius 1 is 1.44 bits per heavy atom. The number of hydrogen-bond donors (Lipinski definition) is 2. The van der Waals surface area contributed by atoms with Crippen molar-refractivity contribution in [3.63, 3.8) is 0 Å². The Labute approximate surface area is 116 Å². The second kappa shape index (κ2) is 5.90. The third-order valence-corrected chi connectivity index (χ3v) is 4.39. The highest BCUT2D eigenvalue weighted by atomic mass is 79.9. The zero-order chi connectivity index (χ0) is 13.9. The molecule has 0 aliphatic carbocycles. The molecule has 0 heterocycles. The third-order valence-electron chi connectivity index (χ3n) is 2.25. The summed E-state index contributed by atoms with van der Waals surface area (Å²) < 4.78 is 32.4. The minimum atomic E-state index is -3.61. The third kappa shape index (κ3) is 3.60. The largest absolute Gasteiger partial charge is 0.495 e. The van der Waals surface area contributed by atoms with Gasteiger partial charge in [-0.15, -0.1) is 0 Å². The van der Waals surface area contributed by atoms with Crippen LogP contribution in [0.5, 0.6) is 5.75 Å². The second-order valence-corrected chi connectivity index (χ2v) is 6.86. The number of benzene rings is 1. The van der Waals surface area contributed by atoms with Gasteiger partial charge in [-0.3, -0.25) is 0 Å². The SMILES string of the molecule is COc1cc(Br)c(N)cc1S(=O)(=O)NCC(C)C. The molecule has 5 nitrogen and oxygen atoms in total. The van der Waals surface area contributed by atoms with Crippen LogP contribution in [0.3, 0.4) is 0 Å². The molecule has 0 aliphatic heterocycles. The quantitative estimate of drug-likeness (QED) is 0.805. The van der Waals surface area contributed by atoms with Gasteiger partial charge in [0.2, 0.25) is 10.0 Å². The maximum atomic E-state index is 12.1. The van der Waals surface area contributed by atoms with Crippen molar-refractivity contribution >= 4 is 31.6 Å². The Morgan fingerprint density at radius 3 is 2.56 bits per heavy atom. The van der Waals surface area contributed by atoms with Crippen LogP contribution in [0.4, 0.5) is 5.69 Å². The molecule has 1 aromatic carbocycles. The molecule has 0 spiro atoms. The smallest absolute Gasteiger partial charge is 0.244 e. The van der Waals surface area contributed by atoms with Crippen molar-refractivity contribution < 1.29 is 13.2 Å². The molecular formula is C11H17BrN2O3S. The van der Waals surface area contributed by atoms with E-state index in [0.717, 1.165) is 0 Å². The van der Waals surface area contributed by atoms with E-state index in [9.17, 15) is 8.42 Å². The van der Waals surface area contributed by atoms with Crippen LogP contribution in [-0.4, -0.2) is 22.1 Å². The van der Waals surface area contributed by atoms with E-state index in [2.05, 4.69) is 20.7 Å². The number of hydrogen-bond acceptors (Lipinski definition) is 4. The lowest BCUT2D eigenvalue weighted by Gasteiger charge is -2.13. The Kier molecular flexibility index (Phi) is 5.01. The van der Waals surface area contributed by atoms with Gasteiger partial charge in [0.1, 0.15) is 10.6 Å². The molecule has 0 unspecified atom stereocenters. The lowest BCUT2D eigenvalue weighted by molar-refractivity contribution is 0.402. The zero-order valence-corrected chi connectivity index (χ0v) is 12.9. The van der Waals surface area contributed by atoms with Crippen molar-refractivity contribution in [2.75, 3.05) is 19.4 Å². The Morgan fingerprint density at radius 2 is 2.06 bits per heavy atom. The van der Waals surface area contributed by atoms with E-state index in [1.807, 2.05) is 13.8 Å².